The highest BCUT2D eigenvalue weighted by molar-refractivity contribution is 7.99. The van der Waals surface area contributed by atoms with Crippen LogP contribution in [0.25, 0.3) is 0 Å². The fourth-order valence-corrected chi connectivity index (χ4v) is 5.57. The van der Waals surface area contributed by atoms with Gasteiger partial charge in [0.25, 0.3) is 5.91 Å². The van der Waals surface area contributed by atoms with Gasteiger partial charge < -0.3 is 10.1 Å². The topological polar surface area (TPSA) is 88.6 Å². The number of rotatable bonds is 9. The van der Waals surface area contributed by atoms with Crippen LogP contribution in [0.2, 0.25) is 0 Å². The summed E-state index contributed by atoms with van der Waals surface area (Å²) in [6.07, 6.45) is 1.63. The van der Waals surface area contributed by atoms with E-state index in [4.69, 9.17) is 4.74 Å². The summed E-state index contributed by atoms with van der Waals surface area (Å²) in [6, 6.07) is 15.8. The zero-order chi connectivity index (χ0) is 24.0. The Morgan fingerprint density at radius 3 is 2.42 bits per heavy atom. The summed E-state index contributed by atoms with van der Waals surface area (Å²) >= 11 is 1.38. The molecule has 0 saturated heterocycles. The maximum Gasteiger partial charge on any atom is 0.258 e. The van der Waals surface area contributed by atoms with Crippen LogP contribution in [-0.4, -0.2) is 43.8 Å². The lowest BCUT2D eigenvalue weighted by Crippen LogP contribution is -2.30. The van der Waals surface area contributed by atoms with Crippen molar-refractivity contribution in [3.8, 4) is 5.75 Å². The van der Waals surface area contributed by atoms with Crippen molar-refractivity contribution in [2.24, 2.45) is 0 Å². The number of hydrogen-bond donors (Lipinski definition) is 1. The largest absolute Gasteiger partial charge is 0.495 e. The standard InChI is InChI=1S/C24H27N3O4S2/c1-5-27(6-2)33(29,30)19-13-14-22(31-4)21(16-19)26-23(28)20-8-7-15-25-24(20)32-18-11-9-17(3)10-12-18/h7-16H,5-6H2,1-4H3,(H,26,28). The molecule has 174 valence electrons. The summed E-state index contributed by atoms with van der Waals surface area (Å²) < 4.78 is 32.6. The molecule has 9 heteroatoms. The van der Waals surface area contributed by atoms with Crippen LogP contribution < -0.4 is 10.1 Å². The number of methoxy groups -OCH3 is 1. The van der Waals surface area contributed by atoms with E-state index >= 15 is 0 Å². The lowest BCUT2D eigenvalue weighted by molar-refractivity contribution is 0.102. The van der Waals surface area contributed by atoms with Crippen LogP contribution in [0.5, 0.6) is 5.75 Å². The van der Waals surface area contributed by atoms with E-state index in [-0.39, 0.29) is 10.6 Å². The number of benzene rings is 2. The van der Waals surface area contributed by atoms with E-state index < -0.39 is 15.9 Å². The molecular formula is C24H27N3O4S2. The number of ether oxygens (including phenoxy) is 1. The van der Waals surface area contributed by atoms with Gasteiger partial charge in [-0.25, -0.2) is 13.4 Å². The number of aromatic nitrogens is 1. The molecule has 0 spiro atoms. The van der Waals surface area contributed by atoms with Gasteiger partial charge in [-0.1, -0.05) is 43.3 Å². The minimum absolute atomic E-state index is 0.0859. The summed E-state index contributed by atoms with van der Waals surface area (Å²) in [5.41, 5.74) is 1.79. The van der Waals surface area contributed by atoms with Crippen molar-refractivity contribution in [1.82, 2.24) is 9.29 Å². The zero-order valence-corrected chi connectivity index (χ0v) is 20.7. The highest BCUT2D eigenvalue weighted by atomic mass is 32.2. The van der Waals surface area contributed by atoms with Gasteiger partial charge in [0, 0.05) is 24.2 Å². The summed E-state index contributed by atoms with van der Waals surface area (Å²) in [4.78, 5) is 18.6. The monoisotopic (exact) mass is 485 g/mol. The Labute approximate surface area is 199 Å². The molecule has 0 bridgehead atoms. The Bertz CT molecular complexity index is 1220. The number of carbonyl (C=O) groups excluding carboxylic acids is 1. The molecular weight excluding hydrogens is 458 g/mol. The van der Waals surface area contributed by atoms with Crippen LogP contribution in [0.1, 0.15) is 29.8 Å². The second kappa shape index (κ2) is 10.8. The fraction of sp³-hybridized carbons (Fsp3) is 0.250. The Morgan fingerprint density at radius 1 is 1.09 bits per heavy atom. The minimum Gasteiger partial charge on any atom is -0.495 e. The number of sulfonamides is 1. The molecule has 0 aliphatic rings. The predicted octanol–water partition coefficient (Wildman–Crippen LogP) is 4.83. The summed E-state index contributed by atoms with van der Waals surface area (Å²) in [5, 5.41) is 3.35. The number of hydrogen-bond acceptors (Lipinski definition) is 6. The fourth-order valence-electron chi connectivity index (χ4n) is 3.21. The zero-order valence-electron chi connectivity index (χ0n) is 19.0. The van der Waals surface area contributed by atoms with E-state index in [0.29, 0.717) is 29.4 Å². The van der Waals surface area contributed by atoms with Gasteiger partial charge in [-0.05, 0) is 49.4 Å². The quantitative estimate of drug-likeness (QED) is 0.467. The number of amides is 1. The molecule has 1 N–H and O–H groups in total. The normalized spacial score (nSPS) is 11.4. The van der Waals surface area contributed by atoms with E-state index in [1.165, 1.54) is 41.4 Å². The van der Waals surface area contributed by atoms with Crippen molar-refractivity contribution in [3.05, 3.63) is 71.9 Å². The predicted molar refractivity (Wildman–Crippen MR) is 131 cm³/mol. The Balaban J connectivity index is 1.92. The lowest BCUT2D eigenvalue weighted by atomic mass is 10.2. The summed E-state index contributed by atoms with van der Waals surface area (Å²) in [6.45, 7) is 6.27. The molecule has 2 aromatic carbocycles. The Morgan fingerprint density at radius 2 is 1.79 bits per heavy atom. The van der Waals surface area contributed by atoms with Crippen molar-refractivity contribution < 1.29 is 17.9 Å². The van der Waals surface area contributed by atoms with Gasteiger partial charge in [-0.15, -0.1) is 0 Å². The highest BCUT2D eigenvalue weighted by Gasteiger charge is 2.24. The first-order valence-electron chi connectivity index (χ1n) is 10.5. The number of nitrogens with one attached hydrogen (secondary N) is 1. The van der Waals surface area contributed by atoms with E-state index in [0.717, 1.165) is 10.5 Å². The average molecular weight is 486 g/mol. The van der Waals surface area contributed by atoms with E-state index in [1.807, 2.05) is 31.2 Å². The second-order valence-electron chi connectivity index (χ2n) is 7.18. The third-order valence-electron chi connectivity index (χ3n) is 5.01. The second-order valence-corrected chi connectivity index (χ2v) is 10.2. The van der Waals surface area contributed by atoms with E-state index in [2.05, 4.69) is 10.3 Å². The molecule has 7 nitrogen and oxygen atoms in total. The number of pyridine rings is 1. The number of aryl methyl sites for hydroxylation is 1. The maximum absolute atomic E-state index is 13.2. The highest BCUT2D eigenvalue weighted by Crippen LogP contribution is 2.32. The van der Waals surface area contributed by atoms with Gasteiger partial charge >= 0.3 is 0 Å². The van der Waals surface area contributed by atoms with Crippen LogP contribution in [0.3, 0.4) is 0 Å². The van der Waals surface area contributed by atoms with Crippen molar-refractivity contribution in [2.45, 2.75) is 35.6 Å². The van der Waals surface area contributed by atoms with Crippen LogP contribution >= 0.6 is 11.8 Å². The minimum atomic E-state index is -3.69. The maximum atomic E-state index is 13.2. The third-order valence-corrected chi connectivity index (χ3v) is 8.09. The smallest absolute Gasteiger partial charge is 0.258 e. The molecule has 0 unspecified atom stereocenters. The first-order chi connectivity index (χ1) is 15.8. The van der Waals surface area contributed by atoms with Crippen LogP contribution in [0.15, 0.2) is 75.6 Å². The van der Waals surface area contributed by atoms with Crippen molar-refractivity contribution in [3.63, 3.8) is 0 Å². The Hall–Kier alpha value is -2.88. The van der Waals surface area contributed by atoms with E-state index in [9.17, 15) is 13.2 Å². The molecule has 0 atom stereocenters. The molecule has 0 radical (unpaired) electrons. The molecule has 0 fully saturated rings. The molecule has 1 aromatic heterocycles. The van der Waals surface area contributed by atoms with Gasteiger partial charge in [0.2, 0.25) is 10.0 Å². The Kier molecular flexibility index (Phi) is 8.12. The van der Waals surface area contributed by atoms with Crippen LogP contribution in [0.4, 0.5) is 5.69 Å². The lowest BCUT2D eigenvalue weighted by Gasteiger charge is -2.19. The first kappa shape index (κ1) is 24.8. The molecule has 0 saturated carbocycles. The van der Waals surface area contributed by atoms with Gasteiger partial charge in [0.1, 0.15) is 10.8 Å². The van der Waals surface area contributed by atoms with Crippen molar-refractivity contribution >= 4 is 33.4 Å². The number of nitrogens with zero attached hydrogens (tertiary/aromatic N) is 2. The van der Waals surface area contributed by atoms with Gasteiger partial charge in [-0.2, -0.15) is 4.31 Å². The number of carbonyl (C=O) groups is 1. The SMILES string of the molecule is CCN(CC)S(=O)(=O)c1ccc(OC)c(NC(=O)c2cccnc2Sc2ccc(C)cc2)c1. The van der Waals surface area contributed by atoms with Gasteiger partial charge in [0.15, 0.2) is 0 Å². The first-order valence-corrected chi connectivity index (χ1v) is 12.7. The van der Waals surface area contributed by atoms with Crippen molar-refractivity contribution in [1.29, 1.82) is 0 Å². The van der Waals surface area contributed by atoms with Gasteiger partial charge in [0.05, 0.1) is 23.3 Å². The third kappa shape index (κ3) is 5.73. The molecule has 0 aliphatic heterocycles. The summed E-state index contributed by atoms with van der Waals surface area (Å²) in [7, 11) is -2.23. The molecule has 1 heterocycles. The number of anilines is 1. The van der Waals surface area contributed by atoms with E-state index in [1.54, 1.807) is 32.2 Å². The molecule has 3 rings (SSSR count). The van der Waals surface area contributed by atoms with Crippen molar-refractivity contribution in [2.75, 3.05) is 25.5 Å². The molecule has 3 aromatic rings. The van der Waals surface area contributed by atoms with Gasteiger partial charge in [-0.3, -0.25) is 4.79 Å². The molecule has 1 amide bonds. The summed E-state index contributed by atoms with van der Waals surface area (Å²) in [5.74, 6) is -0.0492. The molecule has 33 heavy (non-hydrogen) atoms. The van der Waals surface area contributed by atoms with Crippen LogP contribution in [0, 0.1) is 6.92 Å². The molecule has 0 aliphatic carbocycles. The average Bonchev–Trinajstić information content (AvgIpc) is 2.81. The van der Waals surface area contributed by atoms with Crippen LogP contribution in [-0.2, 0) is 10.0 Å².